The van der Waals surface area contributed by atoms with Gasteiger partial charge in [-0.15, -0.1) is 0 Å². The Bertz CT molecular complexity index is 1430. The van der Waals surface area contributed by atoms with E-state index in [1.807, 2.05) is 30.3 Å². The van der Waals surface area contributed by atoms with Crippen LogP contribution in [-0.2, 0) is 26.2 Å². The van der Waals surface area contributed by atoms with Gasteiger partial charge in [-0.2, -0.15) is 0 Å². The maximum atomic E-state index is 13.8. The van der Waals surface area contributed by atoms with E-state index >= 15 is 0 Å². The number of hydrogen-bond acceptors (Lipinski definition) is 5. The number of benzene rings is 3. The summed E-state index contributed by atoms with van der Waals surface area (Å²) in [6.07, 6.45) is 6.12. The van der Waals surface area contributed by atoms with Crippen molar-refractivity contribution in [3.05, 3.63) is 89.4 Å². The second kappa shape index (κ2) is 13.9. The van der Waals surface area contributed by atoms with Gasteiger partial charge in [0.15, 0.2) is 0 Å². The van der Waals surface area contributed by atoms with Gasteiger partial charge in [0.2, 0.25) is 21.8 Å². The van der Waals surface area contributed by atoms with Crippen LogP contribution in [0.15, 0.2) is 78.9 Å². The molecule has 1 fully saturated rings. The Morgan fingerprint density at radius 1 is 0.927 bits per heavy atom. The Kier molecular flexibility index (Phi) is 10.3. The molecule has 0 aliphatic heterocycles. The number of rotatable bonds is 11. The lowest BCUT2D eigenvalue weighted by Gasteiger charge is -2.33. The van der Waals surface area contributed by atoms with Crippen molar-refractivity contribution in [2.75, 3.05) is 17.1 Å². The molecule has 0 aromatic heterocycles. The van der Waals surface area contributed by atoms with E-state index < -0.39 is 28.5 Å². The zero-order valence-corrected chi connectivity index (χ0v) is 24.9. The average Bonchev–Trinajstić information content (AvgIpc) is 2.96. The van der Waals surface area contributed by atoms with E-state index in [-0.39, 0.29) is 18.5 Å². The molecule has 0 spiro atoms. The van der Waals surface area contributed by atoms with Gasteiger partial charge < -0.3 is 15.0 Å². The molecule has 1 unspecified atom stereocenters. The molecule has 10 heteroatoms. The predicted octanol–water partition coefficient (Wildman–Crippen LogP) is 5.76. The zero-order chi connectivity index (χ0) is 29.4. The number of para-hydroxylation sites is 1. The highest BCUT2D eigenvalue weighted by Crippen LogP contribution is 2.26. The van der Waals surface area contributed by atoms with Crippen molar-refractivity contribution in [1.29, 1.82) is 0 Å². The predicted molar refractivity (Wildman–Crippen MR) is 162 cm³/mol. The summed E-state index contributed by atoms with van der Waals surface area (Å²) >= 11 is 6.40. The van der Waals surface area contributed by atoms with Crippen molar-refractivity contribution in [3.8, 4) is 11.5 Å². The first-order chi connectivity index (χ1) is 19.6. The first-order valence-electron chi connectivity index (χ1n) is 13.8. The quantitative estimate of drug-likeness (QED) is 0.303. The molecule has 1 aliphatic rings. The van der Waals surface area contributed by atoms with Gasteiger partial charge >= 0.3 is 0 Å². The van der Waals surface area contributed by atoms with Gasteiger partial charge in [-0.25, -0.2) is 8.42 Å². The Labute approximate surface area is 247 Å². The Balaban J connectivity index is 1.55. The smallest absolute Gasteiger partial charge is 0.244 e. The fraction of sp³-hybridized carbons (Fsp3) is 0.355. The molecule has 1 saturated carbocycles. The summed E-state index contributed by atoms with van der Waals surface area (Å²) in [7, 11) is -3.85. The summed E-state index contributed by atoms with van der Waals surface area (Å²) < 4.78 is 32.6. The minimum Gasteiger partial charge on any atom is -0.457 e. The monoisotopic (exact) mass is 597 g/mol. The topological polar surface area (TPSA) is 96.0 Å². The van der Waals surface area contributed by atoms with E-state index in [1.165, 1.54) is 4.90 Å². The molecule has 0 saturated heterocycles. The largest absolute Gasteiger partial charge is 0.457 e. The molecule has 2 amide bonds. The molecule has 0 radical (unpaired) electrons. The Hall–Kier alpha value is -3.56. The number of carbonyl (C=O) groups is 2. The van der Waals surface area contributed by atoms with E-state index in [2.05, 4.69) is 5.32 Å². The lowest BCUT2D eigenvalue weighted by molar-refractivity contribution is -0.139. The molecular weight excluding hydrogens is 562 g/mol. The van der Waals surface area contributed by atoms with Gasteiger partial charge in [-0.1, -0.05) is 67.3 Å². The summed E-state index contributed by atoms with van der Waals surface area (Å²) in [5.74, 6) is 0.371. The van der Waals surface area contributed by atoms with Crippen LogP contribution in [0.5, 0.6) is 11.5 Å². The fourth-order valence-electron chi connectivity index (χ4n) is 4.88. The van der Waals surface area contributed by atoms with Gasteiger partial charge in [0, 0.05) is 17.6 Å². The highest BCUT2D eigenvalue weighted by atomic mass is 35.5. The number of ether oxygens (including phenoxy) is 1. The molecule has 218 valence electrons. The minimum absolute atomic E-state index is 0.0548. The number of nitrogens with one attached hydrogen (secondary N) is 1. The summed E-state index contributed by atoms with van der Waals surface area (Å²) in [6.45, 7) is 1.23. The normalized spacial score (nSPS) is 14.6. The number of amides is 2. The Morgan fingerprint density at radius 3 is 2.17 bits per heavy atom. The van der Waals surface area contributed by atoms with Crippen LogP contribution in [0.2, 0.25) is 5.02 Å². The van der Waals surface area contributed by atoms with Crippen molar-refractivity contribution in [3.63, 3.8) is 0 Å². The highest BCUT2D eigenvalue weighted by Gasteiger charge is 2.31. The van der Waals surface area contributed by atoms with Crippen LogP contribution in [0.1, 0.15) is 44.6 Å². The molecule has 41 heavy (non-hydrogen) atoms. The second-order valence-electron chi connectivity index (χ2n) is 10.3. The number of sulfonamides is 1. The third kappa shape index (κ3) is 8.47. The summed E-state index contributed by atoms with van der Waals surface area (Å²) in [5.41, 5.74) is 0.964. The first kappa shape index (κ1) is 30.4. The maximum absolute atomic E-state index is 13.8. The van der Waals surface area contributed by atoms with Crippen molar-refractivity contribution >= 4 is 39.1 Å². The fourth-order valence-corrected chi connectivity index (χ4v) is 5.93. The third-order valence-electron chi connectivity index (χ3n) is 7.20. The van der Waals surface area contributed by atoms with Gasteiger partial charge in [-0.05, 0) is 67.8 Å². The minimum atomic E-state index is -3.85. The van der Waals surface area contributed by atoms with Crippen LogP contribution in [0.3, 0.4) is 0 Å². The van der Waals surface area contributed by atoms with Gasteiger partial charge in [0.1, 0.15) is 24.1 Å². The Morgan fingerprint density at radius 2 is 1.54 bits per heavy atom. The summed E-state index contributed by atoms with van der Waals surface area (Å²) in [4.78, 5) is 28.5. The molecule has 3 aromatic carbocycles. The molecule has 4 rings (SSSR count). The lowest BCUT2D eigenvalue weighted by atomic mass is 9.95. The van der Waals surface area contributed by atoms with Crippen molar-refractivity contribution in [1.82, 2.24) is 10.2 Å². The molecule has 1 atom stereocenters. The zero-order valence-electron chi connectivity index (χ0n) is 23.3. The van der Waals surface area contributed by atoms with Gasteiger partial charge in [-0.3, -0.25) is 13.9 Å². The number of carbonyl (C=O) groups excluding carboxylic acids is 2. The van der Waals surface area contributed by atoms with Crippen molar-refractivity contribution < 1.29 is 22.7 Å². The molecular formula is C31H36ClN3O5S. The molecule has 1 aliphatic carbocycles. The van der Waals surface area contributed by atoms with Crippen molar-refractivity contribution in [2.45, 2.75) is 57.7 Å². The number of anilines is 1. The molecule has 8 nitrogen and oxygen atoms in total. The maximum Gasteiger partial charge on any atom is 0.244 e. The highest BCUT2D eigenvalue weighted by molar-refractivity contribution is 7.92. The number of halogens is 1. The molecule has 1 N–H and O–H groups in total. The van der Waals surface area contributed by atoms with Crippen LogP contribution in [-0.4, -0.2) is 50.0 Å². The van der Waals surface area contributed by atoms with Crippen LogP contribution in [0.25, 0.3) is 0 Å². The number of hydrogen-bond donors (Lipinski definition) is 1. The first-order valence-corrected chi connectivity index (χ1v) is 16.0. The van der Waals surface area contributed by atoms with E-state index in [9.17, 15) is 18.0 Å². The standard InChI is InChI=1S/C31H36ClN3O5S/c1-23(31(37)33-25-12-5-3-6-13-25)34(21-24-11-9-10-16-29(24)32)30(36)22-35(41(2,38)39)26-17-19-28(20-18-26)40-27-14-7-4-8-15-27/h4,7-11,14-20,23,25H,3,5-6,12-13,21-22H2,1-2H3,(H,33,37). The summed E-state index contributed by atoms with van der Waals surface area (Å²) in [6, 6.07) is 22.0. The molecule has 0 heterocycles. The van der Waals surface area contributed by atoms with Crippen LogP contribution in [0, 0.1) is 0 Å². The van der Waals surface area contributed by atoms with E-state index in [4.69, 9.17) is 16.3 Å². The van der Waals surface area contributed by atoms with Gasteiger partial charge in [0.05, 0.1) is 11.9 Å². The molecule has 3 aromatic rings. The lowest BCUT2D eigenvalue weighted by Crippen LogP contribution is -2.53. The van der Waals surface area contributed by atoms with Crippen LogP contribution in [0.4, 0.5) is 5.69 Å². The number of nitrogens with zero attached hydrogens (tertiary/aromatic N) is 2. The van der Waals surface area contributed by atoms with E-state index in [1.54, 1.807) is 55.5 Å². The van der Waals surface area contributed by atoms with E-state index in [0.29, 0.717) is 27.8 Å². The van der Waals surface area contributed by atoms with Crippen LogP contribution < -0.4 is 14.4 Å². The van der Waals surface area contributed by atoms with Crippen LogP contribution >= 0.6 is 11.6 Å². The SMILES string of the molecule is CC(C(=O)NC1CCCCC1)N(Cc1ccccc1Cl)C(=O)CN(c1ccc(Oc2ccccc2)cc1)S(C)(=O)=O. The van der Waals surface area contributed by atoms with Crippen molar-refractivity contribution in [2.24, 2.45) is 0 Å². The summed E-state index contributed by atoms with van der Waals surface area (Å²) in [5, 5.41) is 3.54. The van der Waals surface area contributed by atoms with Gasteiger partial charge in [0.25, 0.3) is 0 Å². The average molecular weight is 598 g/mol. The van der Waals surface area contributed by atoms with E-state index in [0.717, 1.165) is 42.7 Å². The molecule has 0 bridgehead atoms. The second-order valence-corrected chi connectivity index (χ2v) is 12.6. The third-order valence-corrected chi connectivity index (χ3v) is 8.71.